The molecule has 3 N–H and O–H groups in total. The average molecular weight is 265 g/mol. The van der Waals surface area contributed by atoms with Crippen LogP contribution in [0.15, 0.2) is 22.7 Å². The molecule has 4 heteroatoms. The minimum absolute atomic E-state index is 0.367. The zero-order chi connectivity index (χ0) is 10.0. The van der Waals surface area contributed by atoms with Crippen molar-refractivity contribution in [3.8, 4) is 0 Å². The van der Waals surface area contributed by atoms with E-state index in [0.29, 0.717) is 5.02 Å². The summed E-state index contributed by atoms with van der Waals surface area (Å²) in [5.41, 5.74) is 6.61. The van der Waals surface area contributed by atoms with Gasteiger partial charge in [-0.1, -0.05) is 17.7 Å². The maximum absolute atomic E-state index is 9.26. The molecule has 0 unspecified atom stereocenters. The van der Waals surface area contributed by atoms with Gasteiger partial charge in [-0.25, -0.2) is 0 Å². The summed E-state index contributed by atoms with van der Waals surface area (Å²) < 4.78 is 0.794. The number of nitrogens with two attached hydrogens (primary N) is 1. The maximum atomic E-state index is 9.26. The number of aliphatic hydroxyl groups excluding tert-OH is 1. The molecule has 2 nitrogen and oxygen atoms in total. The Morgan fingerprint density at radius 1 is 1.54 bits per heavy atom. The molecule has 0 bridgehead atoms. The molecule has 0 heterocycles. The second-order valence-electron chi connectivity index (χ2n) is 2.94. The van der Waals surface area contributed by atoms with Crippen LogP contribution in [0.25, 0.3) is 0 Å². The molecule has 1 aromatic carbocycles. The van der Waals surface area contributed by atoms with E-state index in [0.717, 1.165) is 10.0 Å². The first-order valence-corrected chi connectivity index (χ1v) is 5.08. The van der Waals surface area contributed by atoms with Gasteiger partial charge in [0, 0.05) is 4.47 Å². The van der Waals surface area contributed by atoms with Crippen molar-refractivity contribution in [1.82, 2.24) is 0 Å². The minimum Gasteiger partial charge on any atom is -0.391 e. The largest absolute Gasteiger partial charge is 0.391 e. The lowest BCUT2D eigenvalue weighted by molar-refractivity contribution is 0.164. The molecule has 0 aromatic heterocycles. The van der Waals surface area contributed by atoms with E-state index < -0.39 is 6.10 Å². The fourth-order valence-corrected chi connectivity index (χ4v) is 1.51. The summed E-state index contributed by atoms with van der Waals surface area (Å²) in [4.78, 5) is 0. The lowest BCUT2D eigenvalue weighted by atomic mass is 10.0. The highest BCUT2D eigenvalue weighted by atomic mass is 79.9. The molecule has 1 rings (SSSR count). The molecule has 0 saturated carbocycles. The number of hydrogen-bond donors (Lipinski definition) is 2. The highest BCUT2D eigenvalue weighted by molar-refractivity contribution is 9.10. The molecule has 1 aromatic rings. The van der Waals surface area contributed by atoms with Crippen LogP contribution in [0.1, 0.15) is 18.5 Å². The van der Waals surface area contributed by atoms with E-state index in [1.54, 1.807) is 13.0 Å². The number of hydrogen-bond acceptors (Lipinski definition) is 2. The Bertz CT molecular complexity index is 304. The number of rotatable bonds is 2. The van der Waals surface area contributed by atoms with E-state index in [4.69, 9.17) is 17.3 Å². The van der Waals surface area contributed by atoms with Gasteiger partial charge in [0.1, 0.15) is 0 Å². The molecule has 72 valence electrons. The summed E-state index contributed by atoms with van der Waals surface area (Å²) in [6, 6.07) is 5.02. The lowest BCUT2D eigenvalue weighted by Gasteiger charge is -2.15. The molecule has 0 aliphatic rings. The van der Waals surface area contributed by atoms with E-state index in [1.165, 1.54) is 0 Å². The maximum Gasteiger partial charge on any atom is 0.0704 e. The van der Waals surface area contributed by atoms with Crippen molar-refractivity contribution in [3.63, 3.8) is 0 Å². The standard InChI is InChI=1S/C9H11BrClNO/c1-5(13)9(12)6-2-3-8(11)7(10)4-6/h2-5,9,13H,12H2,1H3/t5-,9-/m1/s1. The van der Waals surface area contributed by atoms with Crippen LogP contribution in [-0.2, 0) is 0 Å². The molecule has 0 amide bonds. The van der Waals surface area contributed by atoms with Crippen LogP contribution in [0.4, 0.5) is 0 Å². The molecule has 0 fully saturated rings. The van der Waals surface area contributed by atoms with Gasteiger partial charge in [0.15, 0.2) is 0 Å². The van der Waals surface area contributed by atoms with Crippen LogP contribution in [0.3, 0.4) is 0 Å². The van der Waals surface area contributed by atoms with Gasteiger partial charge in [-0.05, 0) is 40.5 Å². The van der Waals surface area contributed by atoms with Gasteiger partial charge in [-0.15, -0.1) is 0 Å². The zero-order valence-corrected chi connectivity index (χ0v) is 9.51. The second kappa shape index (κ2) is 4.42. The van der Waals surface area contributed by atoms with Crippen LogP contribution in [0, 0.1) is 0 Å². The number of halogens is 2. The van der Waals surface area contributed by atoms with E-state index in [9.17, 15) is 5.11 Å². The smallest absolute Gasteiger partial charge is 0.0704 e. The van der Waals surface area contributed by atoms with E-state index >= 15 is 0 Å². The van der Waals surface area contributed by atoms with E-state index in [2.05, 4.69) is 15.9 Å². The first-order chi connectivity index (χ1) is 6.02. The van der Waals surface area contributed by atoms with Gasteiger partial charge in [0.2, 0.25) is 0 Å². The normalized spacial score (nSPS) is 15.5. The Labute approximate surface area is 90.8 Å². The molecule has 13 heavy (non-hydrogen) atoms. The first kappa shape index (κ1) is 11.0. The molecule has 0 spiro atoms. The molecular weight excluding hydrogens is 253 g/mol. The second-order valence-corrected chi connectivity index (χ2v) is 4.20. The van der Waals surface area contributed by atoms with Crippen LogP contribution in [0.5, 0.6) is 0 Å². The Hall–Kier alpha value is -0.0900. The van der Waals surface area contributed by atoms with Crippen molar-refractivity contribution in [1.29, 1.82) is 0 Å². The third-order valence-electron chi connectivity index (χ3n) is 1.85. The fourth-order valence-electron chi connectivity index (χ4n) is 0.998. The minimum atomic E-state index is -0.562. The fraction of sp³-hybridized carbons (Fsp3) is 0.333. The summed E-state index contributed by atoms with van der Waals surface area (Å²) in [7, 11) is 0. The summed E-state index contributed by atoms with van der Waals surface area (Å²) in [5.74, 6) is 0. The third-order valence-corrected chi connectivity index (χ3v) is 3.06. The highest BCUT2D eigenvalue weighted by Crippen LogP contribution is 2.26. The van der Waals surface area contributed by atoms with Crippen molar-refractivity contribution >= 4 is 27.5 Å². The number of aliphatic hydroxyl groups is 1. The van der Waals surface area contributed by atoms with Gasteiger partial charge >= 0.3 is 0 Å². The zero-order valence-electron chi connectivity index (χ0n) is 7.17. The Morgan fingerprint density at radius 2 is 2.15 bits per heavy atom. The number of benzene rings is 1. The van der Waals surface area contributed by atoms with Gasteiger partial charge < -0.3 is 10.8 Å². The highest BCUT2D eigenvalue weighted by Gasteiger charge is 2.12. The lowest BCUT2D eigenvalue weighted by Crippen LogP contribution is -2.23. The van der Waals surface area contributed by atoms with Gasteiger partial charge in [0.05, 0.1) is 17.2 Å². The quantitative estimate of drug-likeness (QED) is 0.862. The predicted molar refractivity (Wildman–Crippen MR) is 57.8 cm³/mol. The monoisotopic (exact) mass is 263 g/mol. The van der Waals surface area contributed by atoms with Gasteiger partial charge in [0.25, 0.3) is 0 Å². The Balaban J connectivity index is 2.97. The summed E-state index contributed by atoms with van der Waals surface area (Å²) in [5, 5.41) is 9.90. The van der Waals surface area contributed by atoms with E-state index in [1.807, 2.05) is 12.1 Å². The Morgan fingerprint density at radius 3 is 2.62 bits per heavy atom. The molecule has 0 saturated heterocycles. The van der Waals surface area contributed by atoms with Crippen LogP contribution >= 0.6 is 27.5 Å². The van der Waals surface area contributed by atoms with Crippen molar-refractivity contribution < 1.29 is 5.11 Å². The van der Waals surface area contributed by atoms with Crippen molar-refractivity contribution in [2.24, 2.45) is 5.73 Å². The topological polar surface area (TPSA) is 46.2 Å². The molecule has 2 atom stereocenters. The van der Waals surface area contributed by atoms with Crippen LogP contribution in [-0.4, -0.2) is 11.2 Å². The first-order valence-electron chi connectivity index (χ1n) is 3.91. The predicted octanol–water partition coefficient (Wildman–Crippen LogP) is 2.48. The van der Waals surface area contributed by atoms with Crippen LogP contribution < -0.4 is 5.73 Å². The molecule has 0 aliphatic heterocycles. The summed E-state index contributed by atoms with van der Waals surface area (Å²) in [6.07, 6.45) is -0.562. The van der Waals surface area contributed by atoms with Crippen LogP contribution in [0.2, 0.25) is 5.02 Å². The van der Waals surface area contributed by atoms with Gasteiger partial charge in [-0.3, -0.25) is 0 Å². The van der Waals surface area contributed by atoms with Crippen molar-refractivity contribution in [2.45, 2.75) is 19.1 Å². The van der Waals surface area contributed by atoms with Crippen molar-refractivity contribution in [2.75, 3.05) is 0 Å². The molecular formula is C9H11BrClNO. The third kappa shape index (κ3) is 2.68. The Kier molecular flexibility index (Phi) is 3.74. The molecule has 0 aliphatic carbocycles. The summed E-state index contributed by atoms with van der Waals surface area (Å²) >= 11 is 9.11. The SMILES string of the molecule is C[C@@H](O)[C@@H](N)c1ccc(Cl)c(Br)c1. The van der Waals surface area contributed by atoms with Crippen molar-refractivity contribution in [3.05, 3.63) is 33.3 Å². The molecule has 0 radical (unpaired) electrons. The summed E-state index contributed by atoms with van der Waals surface area (Å²) in [6.45, 7) is 1.66. The van der Waals surface area contributed by atoms with E-state index in [-0.39, 0.29) is 6.04 Å². The van der Waals surface area contributed by atoms with Gasteiger partial charge in [-0.2, -0.15) is 0 Å². The average Bonchev–Trinajstić information content (AvgIpc) is 2.08.